The lowest BCUT2D eigenvalue weighted by molar-refractivity contribution is 0.0920. The summed E-state index contributed by atoms with van der Waals surface area (Å²) < 4.78 is 0. The highest BCUT2D eigenvalue weighted by molar-refractivity contribution is 5.94. The van der Waals surface area contributed by atoms with Gasteiger partial charge in [0.25, 0.3) is 5.91 Å². The van der Waals surface area contributed by atoms with Crippen molar-refractivity contribution in [3.05, 3.63) is 77.9 Å². The third kappa shape index (κ3) is 4.59. The first-order chi connectivity index (χ1) is 10.5. The van der Waals surface area contributed by atoms with Crippen LogP contribution in [-0.2, 0) is 0 Å². The van der Waals surface area contributed by atoms with Crippen molar-refractivity contribution in [2.45, 2.75) is 26.8 Å². The Morgan fingerprint density at radius 1 is 0.955 bits per heavy atom. The van der Waals surface area contributed by atoms with Crippen molar-refractivity contribution in [1.82, 2.24) is 5.32 Å². The second-order valence-electron chi connectivity index (χ2n) is 6.45. The number of hydrogen-bond acceptors (Lipinski definition) is 1. The number of amides is 1. The Labute approximate surface area is 132 Å². The van der Waals surface area contributed by atoms with Crippen LogP contribution in [-0.4, -0.2) is 11.9 Å². The van der Waals surface area contributed by atoms with Gasteiger partial charge < -0.3 is 5.32 Å². The molecule has 0 saturated carbocycles. The summed E-state index contributed by atoms with van der Waals surface area (Å²) in [5, 5.41) is 3.12. The highest BCUT2D eigenvalue weighted by atomic mass is 16.1. The fraction of sp³-hybridized carbons (Fsp3) is 0.250. The summed E-state index contributed by atoms with van der Waals surface area (Å²) >= 11 is 0. The molecule has 2 aromatic carbocycles. The van der Waals surface area contributed by atoms with E-state index in [4.69, 9.17) is 0 Å². The number of rotatable bonds is 4. The standard InChI is InChI=1S/C20H23NO/c1-20(2,3)18(15-14-16-10-6-4-7-11-16)21-19(22)17-12-8-5-9-13-17/h4-15,18H,1-3H3,(H,21,22)/b15-14+/t18-/m0/s1. The highest BCUT2D eigenvalue weighted by Gasteiger charge is 2.24. The van der Waals surface area contributed by atoms with Gasteiger partial charge in [-0.2, -0.15) is 0 Å². The van der Waals surface area contributed by atoms with E-state index in [9.17, 15) is 4.79 Å². The van der Waals surface area contributed by atoms with E-state index < -0.39 is 0 Å². The van der Waals surface area contributed by atoms with Gasteiger partial charge in [0.1, 0.15) is 0 Å². The van der Waals surface area contributed by atoms with Gasteiger partial charge in [0.15, 0.2) is 0 Å². The van der Waals surface area contributed by atoms with E-state index in [1.54, 1.807) is 0 Å². The Bertz CT molecular complexity index is 624. The minimum atomic E-state index is -0.0598. The third-order valence-corrected chi connectivity index (χ3v) is 3.54. The van der Waals surface area contributed by atoms with E-state index in [0.29, 0.717) is 5.56 Å². The molecule has 0 spiro atoms. The van der Waals surface area contributed by atoms with Gasteiger partial charge in [-0.3, -0.25) is 4.79 Å². The van der Waals surface area contributed by atoms with Gasteiger partial charge in [0, 0.05) is 5.56 Å². The van der Waals surface area contributed by atoms with Crippen LogP contribution < -0.4 is 5.32 Å². The number of hydrogen-bond donors (Lipinski definition) is 1. The van der Waals surface area contributed by atoms with Gasteiger partial charge in [-0.25, -0.2) is 0 Å². The molecule has 2 aromatic rings. The van der Waals surface area contributed by atoms with Crippen LogP contribution >= 0.6 is 0 Å². The molecular weight excluding hydrogens is 270 g/mol. The van der Waals surface area contributed by atoms with Crippen molar-refractivity contribution in [3.8, 4) is 0 Å². The molecule has 1 amide bonds. The largest absolute Gasteiger partial charge is 0.345 e. The molecular formula is C20H23NO. The molecule has 22 heavy (non-hydrogen) atoms. The Morgan fingerprint density at radius 3 is 2.05 bits per heavy atom. The molecule has 0 unspecified atom stereocenters. The Balaban J connectivity index is 2.14. The quantitative estimate of drug-likeness (QED) is 0.880. The topological polar surface area (TPSA) is 29.1 Å². The lowest BCUT2D eigenvalue weighted by Crippen LogP contribution is -2.42. The molecule has 0 bridgehead atoms. The molecule has 0 fully saturated rings. The van der Waals surface area contributed by atoms with Gasteiger partial charge in [-0.05, 0) is 23.1 Å². The second-order valence-corrected chi connectivity index (χ2v) is 6.45. The molecule has 0 aromatic heterocycles. The zero-order chi connectivity index (χ0) is 16.0. The van der Waals surface area contributed by atoms with Gasteiger partial charge in [-0.15, -0.1) is 0 Å². The van der Waals surface area contributed by atoms with E-state index in [2.05, 4.69) is 50.4 Å². The normalized spacial score (nSPS) is 13.0. The molecule has 1 N–H and O–H groups in total. The summed E-state index contributed by atoms with van der Waals surface area (Å²) in [5.74, 6) is -0.0433. The number of nitrogens with one attached hydrogen (secondary N) is 1. The summed E-state index contributed by atoms with van der Waals surface area (Å²) in [7, 11) is 0. The average Bonchev–Trinajstić information content (AvgIpc) is 2.52. The Kier molecular flexibility index (Phi) is 5.16. The molecule has 2 heteroatoms. The lowest BCUT2D eigenvalue weighted by atomic mass is 9.86. The van der Waals surface area contributed by atoms with Crippen LogP contribution in [0.25, 0.3) is 6.08 Å². The summed E-state index contributed by atoms with van der Waals surface area (Å²) in [4.78, 5) is 12.4. The molecule has 2 rings (SSSR count). The number of carbonyl (C=O) groups is 1. The monoisotopic (exact) mass is 293 g/mol. The molecule has 1 atom stereocenters. The smallest absolute Gasteiger partial charge is 0.251 e. The molecule has 0 aliphatic heterocycles. The van der Waals surface area contributed by atoms with Crippen LogP contribution in [0.3, 0.4) is 0 Å². The van der Waals surface area contributed by atoms with E-state index in [1.165, 1.54) is 0 Å². The predicted molar refractivity (Wildman–Crippen MR) is 92.6 cm³/mol. The number of benzene rings is 2. The first kappa shape index (κ1) is 16.0. The van der Waals surface area contributed by atoms with Crippen LogP contribution in [0.2, 0.25) is 0 Å². The fourth-order valence-corrected chi connectivity index (χ4v) is 2.14. The van der Waals surface area contributed by atoms with Gasteiger partial charge in [0.05, 0.1) is 6.04 Å². The van der Waals surface area contributed by atoms with Crippen LogP contribution in [0.4, 0.5) is 0 Å². The number of carbonyl (C=O) groups excluding carboxylic acids is 1. The highest BCUT2D eigenvalue weighted by Crippen LogP contribution is 2.21. The molecule has 0 aliphatic rings. The molecule has 0 aliphatic carbocycles. The Morgan fingerprint density at radius 2 is 1.50 bits per heavy atom. The summed E-state index contributed by atoms with van der Waals surface area (Å²) in [6.07, 6.45) is 4.12. The van der Waals surface area contributed by atoms with Crippen LogP contribution in [0.5, 0.6) is 0 Å². The predicted octanol–water partition coefficient (Wildman–Crippen LogP) is 4.54. The van der Waals surface area contributed by atoms with Crippen LogP contribution in [0.15, 0.2) is 66.7 Å². The maximum atomic E-state index is 12.4. The minimum Gasteiger partial charge on any atom is -0.345 e. The van der Waals surface area contributed by atoms with Crippen LogP contribution in [0.1, 0.15) is 36.7 Å². The molecule has 114 valence electrons. The maximum Gasteiger partial charge on any atom is 0.251 e. The first-order valence-electron chi connectivity index (χ1n) is 7.56. The molecule has 2 nitrogen and oxygen atoms in total. The Hall–Kier alpha value is -2.35. The summed E-state index contributed by atoms with van der Waals surface area (Å²) in [6.45, 7) is 6.37. The van der Waals surface area contributed by atoms with E-state index in [-0.39, 0.29) is 17.4 Å². The zero-order valence-electron chi connectivity index (χ0n) is 13.4. The minimum absolute atomic E-state index is 0.0413. The van der Waals surface area contributed by atoms with E-state index in [1.807, 2.05) is 48.5 Å². The third-order valence-electron chi connectivity index (χ3n) is 3.54. The van der Waals surface area contributed by atoms with Gasteiger partial charge in [0.2, 0.25) is 0 Å². The first-order valence-corrected chi connectivity index (χ1v) is 7.56. The SMILES string of the molecule is CC(C)(C)[C@H](/C=C/c1ccccc1)NC(=O)c1ccccc1. The van der Waals surface area contributed by atoms with E-state index in [0.717, 1.165) is 5.56 Å². The van der Waals surface area contributed by atoms with Gasteiger partial charge in [-0.1, -0.05) is 81.5 Å². The van der Waals surface area contributed by atoms with Crippen molar-refractivity contribution < 1.29 is 4.79 Å². The zero-order valence-corrected chi connectivity index (χ0v) is 13.4. The van der Waals surface area contributed by atoms with Crippen LogP contribution in [0, 0.1) is 5.41 Å². The second kappa shape index (κ2) is 7.08. The maximum absolute atomic E-state index is 12.4. The molecule has 0 radical (unpaired) electrons. The summed E-state index contributed by atoms with van der Waals surface area (Å²) in [5.41, 5.74) is 1.76. The van der Waals surface area contributed by atoms with Crippen molar-refractivity contribution in [1.29, 1.82) is 0 Å². The lowest BCUT2D eigenvalue weighted by Gasteiger charge is -2.29. The van der Waals surface area contributed by atoms with Crippen molar-refractivity contribution >= 4 is 12.0 Å². The molecule has 0 saturated heterocycles. The average molecular weight is 293 g/mol. The van der Waals surface area contributed by atoms with Crippen molar-refractivity contribution in [2.75, 3.05) is 0 Å². The van der Waals surface area contributed by atoms with Crippen molar-refractivity contribution in [2.24, 2.45) is 5.41 Å². The van der Waals surface area contributed by atoms with Gasteiger partial charge >= 0.3 is 0 Å². The summed E-state index contributed by atoms with van der Waals surface area (Å²) in [6, 6.07) is 19.4. The van der Waals surface area contributed by atoms with Crippen molar-refractivity contribution in [3.63, 3.8) is 0 Å². The molecule has 0 heterocycles. The fourth-order valence-electron chi connectivity index (χ4n) is 2.14. The van der Waals surface area contributed by atoms with E-state index >= 15 is 0 Å².